The Hall–Kier alpha value is -1.27. The van der Waals surface area contributed by atoms with E-state index in [1.165, 1.54) is 11.8 Å². The fourth-order valence-electron chi connectivity index (χ4n) is 1.48. The molecule has 20 heavy (non-hydrogen) atoms. The zero-order valence-corrected chi connectivity index (χ0v) is 14.0. The Morgan fingerprint density at radius 2 is 1.85 bits per heavy atom. The fraction of sp³-hybridized carbons (Fsp3) is 0.429. The maximum absolute atomic E-state index is 9.85. The number of phenols is 1. The minimum Gasteiger partial charge on any atom is -0.506 e. The van der Waals surface area contributed by atoms with E-state index in [9.17, 15) is 5.11 Å². The number of phenolic OH excluding ortho intramolecular Hbond substituents is 1. The number of hydrogen-bond donors (Lipinski definition) is 1. The second-order valence-electron chi connectivity index (χ2n) is 4.32. The number of para-hydroxylation sites is 2. The molecule has 0 radical (unpaired) electrons. The first-order valence-electron chi connectivity index (χ1n) is 6.50. The summed E-state index contributed by atoms with van der Waals surface area (Å²) in [6, 6.07) is 7.06. The number of benzene rings is 1. The number of thiocarbonyl (C=S) groups is 1. The minimum absolute atomic E-state index is 0.175. The molecule has 0 aromatic heterocycles. The number of aliphatic imine (C=N–C) groups is 1. The smallest absolute Gasteiger partial charge is 0.171 e. The molecule has 4 nitrogen and oxygen atoms in total. The molecule has 0 unspecified atom stereocenters. The molecule has 0 spiro atoms. The number of nitrogens with zero attached hydrogens (tertiary/aromatic N) is 3. The molecule has 1 aromatic rings. The van der Waals surface area contributed by atoms with Crippen molar-refractivity contribution in [3.8, 4) is 5.75 Å². The van der Waals surface area contributed by atoms with Crippen molar-refractivity contribution in [2.45, 2.75) is 13.8 Å². The van der Waals surface area contributed by atoms with Gasteiger partial charge >= 0.3 is 0 Å². The highest BCUT2D eigenvalue weighted by molar-refractivity contribution is 8.32. The van der Waals surface area contributed by atoms with Gasteiger partial charge < -0.3 is 14.9 Å². The Bertz CT molecular complexity index is 485. The van der Waals surface area contributed by atoms with E-state index in [1.54, 1.807) is 18.2 Å². The summed E-state index contributed by atoms with van der Waals surface area (Å²) in [5.74, 6) is 0.175. The van der Waals surface area contributed by atoms with Crippen LogP contribution in [0.3, 0.4) is 0 Å². The molecular formula is C14H21N3OS2. The van der Waals surface area contributed by atoms with Gasteiger partial charge in [-0.25, -0.2) is 4.99 Å². The van der Waals surface area contributed by atoms with Crippen LogP contribution < -0.4 is 0 Å². The number of amidine groups is 1. The van der Waals surface area contributed by atoms with Crippen molar-refractivity contribution in [1.29, 1.82) is 0 Å². The minimum atomic E-state index is 0.175. The SMILES string of the molecule is CCN(CC)C(=Nc1ccccc1O)SC(=S)N(C)C. The molecule has 0 aliphatic carbocycles. The van der Waals surface area contributed by atoms with E-state index < -0.39 is 0 Å². The van der Waals surface area contributed by atoms with Gasteiger partial charge in [0.1, 0.15) is 15.8 Å². The van der Waals surface area contributed by atoms with Gasteiger partial charge in [-0.15, -0.1) is 0 Å². The number of aromatic hydroxyl groups is 1. The molecule has 0 aliphatic rings. The molecule has 0 atom stereocenters. The van der Waals surface area contributed by atoms with Gasteiger partial charge in [0, 0.05) is 27.2 Å². The Morgan fingerprint density at radius 1 is 1.25 bits per heavy atom. The van der Waals surface area contributed by atoms with Crippen LogP contribution in [0.4, 0.5) is 5.69 Å². The summed E-state index contributed by atoms with van der Waals surface area (Å²) < 4.78 is 0.742. The first kappa shape index (κ1) is 16.8. The first-order chi connectivity index (χ1) is 9.49. The quantitative estimate of drug-likeness (QED) is 0.527. The number of rotatable bonds is 3. The topological polar surface area (TPSA) is 39.1 Å². The van der Waals surface area contributed by atoms with Crippen LogP contribution in [0, 0.1) is 0 Å². The molecule has 0 bridgehead atoms. The molecule has 0 saturated heterocycles. The average Bonchev–Trinajstić information content (AvgIpc) is 2.42. The average molecular weight is 311 g/mol. The van der Waals surface area contributed by atoms with Crippen LogP contribution in [0.1, 0.15) is 13.8 Å². The number of thioether (sulfide) groups is 1. The molecule has 1 N–H and O–H groups in total. The lowest BCUT2D eigenvalue weighted by Crippen LogP contribution is -2.31. The third-order valence-corrected chi connectivity index (χ3v) is 4.36. The Morgan fingerprint density at radius 3 is 2.35 bits per heavy atom. The van der Waals surface area contributed by atoms with Gasteiger partial charge in [-0.3, -0.25) is 0 Å². The van der Waals surface area contributed by atoms with Gasteiger partial charge in [0.05, 0.1) is 0 Å². The predicted octanol–water partition coefficient (Wildman–Crippen LogP) is 3.30. The monoisotopic (exact) mass is 311 g/mol. The van der Waals surface area contributed by atoms with E-state index in [2.05, 4.69) is 23.7 Å². The van der Waals surface area contributed by atoms with Crippen LogP contribution in [-0.4, -0.2) is 51.6 Å². The van der Waals surface area contributed by atoms with Crippen molar-refractivity contribution < 1.29 is 5.11 Å². The molecular weight excluding hydrogens is 290 g/mol. The van der Waals surface area contributed by atoms with E-state index in [-0.39, 0.29) is 5.75 Å². The highest BCUT2D eigenvalue weighted by Crippen LogP contribution is 2.27. The molecule has 110 valence electrons. The maximum Gasteiger partial charge on any atom is 0.171 e. The van der Waals surface area contributed by atoms with Crippen molar-refractivity contribution in [1.82, 2.24) is 9.80 Å². The summed E-state index contributed by atoms with van der Waals surface area (Å²) in [5.41, 5.74) is 0.559. The Kier molecular flexibility index (Phi) is 6.81. The lowest BCUT2D eigenvalue weighted by Gasteiger charge is -2.24. The highest BCUT2D eigenvalue weighted by Gasteiger charge is 2.14. The van der Waals surface area contributed by atoms with Crippen LogP contribution in [-0.2, 0) is 0 Å². The normalized spacial score (nSPS) is 11.3. The van der Waals surface area contributed by atoms with Crippen LogP contribution >= 0.6 is 24.0 Å². The molecule has 0 amide bonds. The van der Waals surface area contributed by atoms with Crippen molar-refractivity contribution in [2.75, 3.05) is 27.2 Å². The fourth-order valence-corrected chi connectivity index (χ4v) is 2.58. The molecule has 0 saturated carbocycles. The highest BCUT2D eigenvalue weighted by atomic mass is 32.2. The molecule has 0 aliphatic heterocycles. The first-order valence-corrected chi connectivity index (χ1v) is 7.72. The van der Waals surface area contributed by atoms with Crippen LogP contribution in [0.5, 0.6) is 5.75 Å². The lowest BCUT2D eigenvalue weighted by molar-refractivity contribution is 0.470. The zero-order valence-electron chi connectivity index (χ0n) is 12.3. The van der Waals surface area contributed by atoms with Gasteiger partial charge in [-0.2, -0.15) is 0 Å². The van der Waals surface area contributed by atoms with E-state index in [1.807, 2.05) is 25.1 Å². The number of hydrogen-bond acceptors (Lipinski definition) is 4. The van der Waals surface area contributed by atoms with E-state index in [4.69, 9.17) is 12.2 Å². The van der Waals surface area contributed by atoms with Crippen LogP contribution in [0.2, 0.25) is 0 Å². The third kappa shape index (κ3) is 4.68. The molecule has 0 heterocycles. The Balaban J connectivity index is 3.10. The van der Waals surface area contributed by atoms with Gasteiger partial charge in [0.15, 0.2) is 5.17 Å². The largest absolute Gasteiger partial charge is 0.506 e. The van der Waals surface area contributed by atoms with Crippen molar-refractivity contribution in [2.24, 2.45) is 4.99 Å². The summed E-state index contributed by atoms with van der Waals surface area (Å²) in [6.45, 7) is 5.82. The van der Waals surface area contributed by atoms with E-state index in [0.717, 1.165) is 22.6 Å². The Labute approximate surface area is 130 Å². The van der Waals surface area contributed by atoms with Crippen molar-refractivity contribution in [3.05, 3.63) is 24.3 Å². The maximum atomic E-state index is 9.85. The second-order valence-corrected chi connectivity index (χ2v) is 5.92. The lowest BCUT2D eigenvalue weighted by atomic mass is 10.3. The van der Waals surface area contributed by atoms with Gasteiger partial charge in [-0.05, 0) is 37.7 Å². The molecule has 1 aromatic carbocycles. The molecule has 1 rings (SSSR count). The standard InChI is InChI=1S/C14H21N3OS2/c1-5-17(6-2)13(20-14(19)16(3)4)15-11-9-7-8-10-12(11)18/h7-10,18H,5-6H2,1-4H3. The summed E-state index contributed by atoms with van der Waals surface area (Å²) in [4.78, 5) is 8.56. The van der Waals surface area contributed by atoms with Gasteiger partial charge in [0.25, 0.3) is 0 Å². The van der Waals surface area contributed by atoms with Crippen LogP contribution in [0.25, 0.3) is 0 Å². The van der Waals surface area contributed by atoms with E-state index in [0.29, 0.717) is 5.69 Å². The van der Waals surface area contributed by atoms with Gasteiger partial charge in [0.2, 0.25) is 0 Å². The summed E-state index contributed by atoms with van der Waals surface area (Å²) in [7, 11) is 3.82. The second kappa shape index (κ2) is 8.11. The van der Waals surface area contributed by atoms with Gasteiger partial charge in [-0.1, -0.05) is 24.4 Å². The van der Waals surface area contributed by atoms with Crippen molar-refractivity contribution >= 4 is 39.2 Å². The zero-order chi connectivity index (χ0) is 15.1. The summed E-state index contributed by atoms with van der Waals surface area (Å²) >= 11 is 6.77. The molecule has 0 fully saturated rings. The summed E-state index contributed by atoms with van der Waals surface area (Å²) in [6.07, 6.45) is 0. The summed E-state index contributed by atoms with van der Waals surface area (Å²) in [5, 5.41) is 10.7. The third-order valence-electron chi connectivity index (χ3n) is 2.68. The molecule has 6 heteroatoms. The van der Waals surface area contributed by atoms with Crippen molar-refractivity contribution in [3.63, 3.8) is 0 Å². The predicted molar refractivity (Wildman–Crippen MR) is 92.0 cm³/mol. The van der Waals surface area contributed by atoms with Crippen LogP contribution in [0.15, 0.2) is 29.3 Å². The van der Waals surface area contributed by atoms with E-state index >= 15 is 0 Å².